The van der Waals surface area contributed by atoms with Crippen LogP contribution in [-0.4, -0.2) is 24.9 Å². The number of aromatic amines is 1. The highest BCUT2D eigenvalue weighted by atomic mass is 79.9. The standard InChI is InChI=1S/C10H7BrN6/c11-6-1-5(2-13-3-6)9-16-7-8(12)14-4-15-10(7)17-9/h1-4H,(H3,12,14,15,16,17). The number of aromatic nitrogens is 5. The van der Waals surface area contributed by atoms with Gasteiger partial charge in [0.25, 0.3) is 0 Å². The molecule has 0 aliphatic carbocycles. The van der Waals surface area contributed by atoms with Crippen LogP contribution >= 0.6 is 15.9 Å². The van der Waals surface area contributed by atoms with Crippen LogP contribution in [0.25, 0.3) is 22.6 Å². The Morgan fingerprint density at radius 1 is 1.24 bits per heavy atom. The largest absolute Gasteiger partial charge is 0.382 e. The van der Waals surface area contributed by atoms with Crippen LogP contribution in [0.4, 0.5) is 5.82 Å². The highest BCUT2D eigenvalue weighted by Gasteiger charge is 2.09. The fourth-order valence-electron chi connectivity index (χ4n) is 1.52. The minimum absolute atomic E-state index is 0.386. The van der Waals surface area contributed by atoms with Crippen molar-refractivity contribution >= 4 is 32.9 Å². The van der Waals surface area contributed by atoms with Gasteiger partial charge in [-0.15, -0.1) is 0 Å². The van der Waals surface area contributed by atoms with Crippen LogP contribution in [0.1, 0.15) is 0 Å². The van der Waals surface area contributed by atoms with Gasteiger partial charge in [-0.1, -0.05) is 0 Å². The maximum atomic E-state index is 5.73. The molecule has 0 saturated carbocycles. The van der Waals surface area contributed by atoms with E-state index in [0.29, 0.717) is 22.8 Å². The average Bonchev–Trinajstić information content (AvgIpc) is 2.74. The molecule has 17 heavy (non-hydrogen) atoms. The van der Waals surface area contributed by atoms with E-state index in [0.717, 1.165) is 10.0 Å². The van der Waals surface area contributed by atoms with Gasteiger partial charge in [0.2, 0.25) is 0 Å². The van der Waals surface area contributed by atoms with E-state index in [2.05, 4.69) is 40.8 Å². The number of nitrogen functional groups attached to an aromatic ring is 1. The number of hydrogen-bond acceptors (Lipinski definition) is 5. The topological polar surface area (TPSA) is 93.4 Å². The van der Waals surface area contributed by atoms with E-state index >= 15 is 0 Å². The third-order valence-electron chi connectivity index (χ3n) is 2.30. The lowest BCUT2D eigenvalue weighted by Crippen LogP contribution is -1.91. The zero-order chi connectivity index (χ0) is 11.8. The van der Waals surface area contributed by atoms with Crippen LogP contribution < -0.4 is 5.73 Å². The number of fused-ring (bicyclic) bond motifs is 1. The van der Waals surface area contributed by atoms with Gasteiger partial charge in [-0.3, -0.25) is 4.98 Å². The molecular weight excluding hydrogens is 284 g/mol. The van der Waals surface area contributed by atoms with Gasteiger partial charge in [0.15, 0.2) is 11.5 Å². The Kier molecular flexibility index (Phi) is 2.25. The van der Waals surface area contributed by atoms with E-state index in [1.165, 1.54) is 6.33 Å². The Hall–Kier alpha value is -2.02. The molecule has 3 heterocycles. The molecule has 0 spiro atoms. The summed E-state index contributed by atoms with van der Waals surface area (Å²) >= 11 is 3.36. The summed E-state index contributed by atoms with van der Waals surface area (Å²) in [5.74, 6) is 1.05. The molecule has 0 amide bonds. The number of H-pyrrole nitrogens is 1. The number of nitrogens with zero attached hydrogens (tertiary/aromatic N) is 4. The first-order valence-corrected chi connectivity index (χ1v) is 5.60. The molecule has 0 aliphatic rings. The summed E-state index contributed by atoms with van der Waals surface area (Å²) in [5, 5.41) is 0. The van der Waals surface area contributed by atoms with E-state index in [-0.39, 0.29) is 0 Å². The molecule has 3 aromatic heterocycles. The fourth-order valence-corrected chi connectivity index (χ4v) is 1.89. The first kappa shape index (κ1) is 10.2. The molecule has 0 radical (unpaired) electrons. The van der Waals surface area contributed by atoms with Gasteiger partial charge in [0, 0.05) is 22.4 Å². The van der Waals surface area contributed by atoms with E-state index < -0.39 is 0 Å². The Bertz CT molecular complexity index is 692. The molecular formula is C10H7BrN6. The quantitative estimate of drug-likeness (QED) is 0.712. The van der Waals surface area contributed by atoms with Crippen LogP contribution in [0, 0.1) is 0 Å². The monoisotopic (exact) mass is 290 g/mol. The summed E-state index contributed by atoms with van der Waals surface area (Å²) in [4.78, 5) is 19.4. The number of imidazole rings is 1. The number of hydrogen-bond donors (Lipinski definition) is 2. The molecule has 3 rings (SSSR count). The molecule has 0 aromatic carbocycles. The predicted molar refractivity (Wildman–Crippen MR) is 67.0 cm³/mol. The summed E-state index contributed by atoms with van der Waals surface area (Å²) in [5.41, 5.74) is 7.78. The first-order valence-electron chi connectivity index (χ1n) is 4.81. The Labute approximate surface area is 104 Å². The van der Waals surface area contributed by atoms with Gasteiger partial charge in [0.1, 0.15) is 17.7 Å². The number of anilines is 1. The van der Waals surface area contributed by atoms with Gasteiger partial charge >= 0.3 is 0 Å². The van der Waals surface area contributed by atoms with Crippen molar-refractivity contribution in [1.29, 1.82) is 0 Å². The second-order valence-electron chi connectivity index (χ2n) is 3.43. The van der Waals surface area contributed by atoms with E-state index in [1.807, 2.05) is 6.07 Å². The summed E-state index contributed by atoms with van der Waals surface area (Å²) < 4.78 is 0.884. The summed E-state index contributed by atoms with van der Waals surface area (Å²) in [6, 6.07) is 1.91. The van der Waals surface area contributed by atoms with E-state index in [1.54, 1.807) is 12.4 Å². The van der Waals surface area contributed by atoms with Gasteiger partial charge in [0.05, 0.1) is 0 Å². The zero-order valence-electron chi connectivity index (χ0n) is 8.55. The maximum Gasteiger partial charge on any atom is 0.183 e. The van der Waals surface area contributed by atoms with Crippen LogP contribution in [0.5, 0.6) is 0 Å². The van der Waals surface area contributed by atoms with Gasteiger partial charge in [-0.25, -0.2) is 15.0 Å². The third kappa shape index (κ3) is 1.74. The summed E-state index contributed by atoms with van der Waals surface area (Å²) in [7, 11) is 0. The van der Waals surface area contributed by atoms with Crippen molar-refractivity contribution in [3.63, 3.8) is 0 Å². The van der Waals surface area contributed by atoms with E-state index in [4.69, 9.17) is 5.73 Å². The van der Waals surface area contributed by atoms with Crippen LogP contribution in [0.3, 0.4) is 0 Å². The molecule has 3 aromatic rings. The van der Waals surface area contributed by atoms with Crippen molar-refractivity contribution in [1.82, 2.24) is 24.9 Å². The normalized spacial score (nSPS) is 10.9. The van der Waals surface area contributed by atoms with Gasteiger partial charge in [-0.2, -0.15) is 0 Å². The predicted octanol–water partition coefficient (Wildman–Crippen LogP) is 1.76. The number of halogens is 1. The average molecular weight is 291 g/mol. The lowest BCUT2D eigenvalue weighted by Gasteiger charge is -1.95. The van der Waals surface area contributed by atoms with Crippen molar-refractivity contribution in [2.75, 3.05) is 5.73 Å². The molecule has 0 aliphatic heterocycles. The Morgan fingerprint density at radius 2 is 2.12 bits per heavy atom. The molecule has 84 valence electrons. The van der Waals surface area contributed by atoms with Gasteiger partial charge < -0.3 is 10.7 Å². The minimum Gasteiger partial charge on any atom is -0.382 e. The van der Waals surface area contributed by atoms with Crippen LogP contribution in [-0.2, 0) is 0 Å². The molecule has 0 fully saturated rings. The van der Waals surface area contributed by atoms with Crippen LogP contribution in [0.15, 0.2) is 29.3 Å². The molecule has 7 heteroatoms. The number of nitrogens with two attached hydrogens (primary N) is 1. The highest BCUT2D eigenvalue weighted by Crippen LogP contribution is 2.22. The number of nitrogens with one attached hydrogen (secondary N) is 1. The second-order valence-corrected chi connectivity index (χ2v) is 4.35. The summed E-state index contributed by atoms with van der Waals surface area (Å²) in [6.45, 7) is 0. The SMILES string of the molecule is Nc1ncnc2nc(-c3cncc(Br)c3)[nH]c12. The minimum atomic E-state index is 0.386. The molecule has 0 saturated heterocycles. The fraction of sp³-hybridized carbons (Fsp3) is 0. The Balaban J connectivity index is 2.22. The lowest BCUT2D eigenvalue weighted by molar-refractivity contribution is 1.21. The Morgan fingerprint density at radius 3 is 2.88 bits per heavy atom. The molecule has 3 N–H and O–H groups in total. The van der Waals surface area contributed by atoms with Crippen molar-refractivity contribution in [2.45, 2.75) is 0 Å². The molecule has 0 unspecified atom stereocenters. The molecule has 6 nitrogen and oxygen atoms in total. The molecule has 0 atom stereocenters. The maximum absolute atomic E-state index is 5.73. The lowest BCUT2D eigenvalue weighted by atomic mass is 10.3. The zero-order valence-corrected chi connectivity index (χ0v) is 10.1. The summed E-state index contributed by atoms with van der Waals surface area (Å²) in [6.07, 6.45) is 4.81. The van der Waals surface area contributed by atoms with Crippen molar-refractivity contribution in [3.8, 4) is 11.4 Å². The second kappa shape index (κ2) is 3.77. The smallest absolute Gasteiger partial charge is 0.183 e. The van der Waals surface area contributed by atoms with Gasteiger partial charge in [-0.05, 0) is 22.0 Å². The van der Waals surface area contributed by atoms with Crippen molar-refractivity contribution in [3.05, 3.63) is 29.3 Å². The van der Waals surface area contributed by atoms with E-state index in [9.17, 15) is 0 Å². The molecule has 0 bridgehead atoms. The number of pyridine rings is 1. The van der Waals surface area contributed by atoms with Crippen molar-refractivity contribution in [2.24, 2.45) is 0 Å². The first-order chi connectivity index (χ1) is 8.24. The van der Waals surface area contributed by atoms with Crippen LogP contribution in [0.2, 0.25) is 0 Å². The number of rotatable bonds is 1. The highest BCUT2D eigenvalue weighted by molar-refractivity contribution is 9.10. The van der Waals surface area contributed by atoms with Crippen molar-refractivity contribution < 1.29 is 0 Å². The third-order valence-corrected chi connectivity index (χ3v) is 2.73.